The first kappa shape index (κ1) is 13.9. The zero-order valence-electron chi connectivity index (χ0n) is 13.1. The van der Waals surface area contributed by atoms with Crippen LogP contribution >= 0.6 is 0 Å². The van der Waals surface area contributed by atoms with Gasteiger partial charge in [-0.15, -0.1) is 0 Å². The number of methoxy groups -OCH3 is 1. The van der Waals surface area contributed by atoms with E-state index in [-0.39, 0.29) is 5.54 Å². The highest BCUT2D eigenvalue weighted by Crippen LogP contribution is 2.52. The molecular weight excluding hydrogens is 246 g/mol. The van der Waals surface area contributed by atoms with Gasteiger partial charge >= 0.3 is 0 Å². The molecule has 2 aliphatic rings. The first-order valence-electron chi connectivity index (χ1n) is 8.08. The van der Waals surface area contributed by atoms with Crippen molar-refractivity contribution in [3.8, 4) is 5.75 Å². The molecule has 0 bridgehead atoms. The molecule has 0 radical (unpaired) electrons. The fourth-order valence-electron chi connectivity index (χ4n) is 4.11. The van der Waals surface area contributed by atoms with Crippen LogP contribution in [0, 0.1) is 19.8 Å². The Bertz CT molecular complexity index is 482. The Hall–Kier alpha value is -1.02. The van der Waals surface area contributed by atoms with Crippen molar-refractivity contribution in [2.24, 2.45) is 5.92 Å². The van der Waals surface area contributed by atoms with Crippen LogP contribution in [-0.4, -0.2) is 13.7 Å². The Balaban J connectivity index is 2.11. The molecule has 1 aromatic carbocycles. The number of hydrogen-bond acceptors (Lipinski definition) is 2. The molecule has 1 N–H and O–H groups in total. The number of aryl methyl sites for hydroxylation is 2. The third-order valence-corrected chi connectivity index (χ3v) is 5.07. The Kier molecular flexibility index (Phi) is 3.76. The third kappa shape index (κ3) is 2.35. The largest absolute Gasteiger partial charge is 0.496 e. The Morgan fingerprint density at radius 3 is 2.65 bits per heavy atom. The lowest BCUT2D eigenvalue weighted by molar-refractivity contribution is 0.265. The van der Waals surface area contributed by atoms with E-state index in [1.165, 1.54) is 55.2 Å². The highest BCUT2D eigenvalue weighted by atomic mass is 16.5. The van der Waals surface area contributed by atoms with E-state index in [4.69, 9.17) is 4.74 Å². The predicted octanol–water partition coefficient (Wildman–Crippen LogP) is 4.08. The SMILES string of the molecule is COc1cc(C)cc(C)c1C1(C2CC2)CCCCCN1. The Morgan fingerprint density at radius 1 is 1.15 bits per heavy atom. The van der Waals surface area contributed by atoms with Crippen molar-refractivity contribution in [2.75, 3.05) is 13.7 Å². The third-order valence-electron chi connectivity index (χ3n) is 5.07. The molecule has 110 valence electrons. The lowest BCUT2D eigenvalue weighted by atomic mass is 9.78. The zero-order chi connectivity index (χ0) is 14.2. The summed E-state index contributed by atoms with van der Waals surface area (Å²) in [5, 5.41) is 3.93. The Morgan fingerprint density at radius 2 is 1.95 bits per heavy atom. The van der Waals surface area contributed by atoms with Crippen molar-refractivity contribution < 1.29 is 4.74 Å². The van der Waals surface area contributed by atoms with Gasteiger partial charge in [-0.1, -0.05) is 18.9 Å². The average Bonchev–Trinajstić information content (AvgIpc) is 3.24. The van der Waals surface area contributed by atoms with E-state index in [2.05, 4.69) is 31.3 Å². The second kappa shape index (κ2) is 5.40. The molecule has 2 fully saturated rings. The molecule has 1 aromatic rings. The smallest absolute Gasteiger partial charge is 0.124 e. The maximum absolute atomic E-state index is 5.76. The molecule has 0 amide bonds. The molecule has 1 aliphatic carbocycles. The minimum atomic E-state index is 0.166. The van der Waals surface area contributed by atoms with Gasteiger partial charge in [0.2, 0.25) is 0 Å². The maximum atomic E-state index is 5.76. The molecule has 2 heteroatoms. The van der Waals surface area contributed by atoms with Crippen LogP contribution in [0.4, 0.5) is 0 Å². The molecule has 0 spiro atoms. The molecule has 1 heterocycles. The van der Waals surface area contributed by atoms with E-state index < -0.39 is 0 Å². The minimum absolute atomic E-state index is 0.166. The topological polar surface area (TPSA) is 21.3 Å². The van der Waals surface area contributed by atoms with E-state index >= 15 is 0 Å². The number of ether oxygens (including phenoxy) is 1. The summed E-state index contributed by atoms with van der Waals surface area (Å²) in [4.78, 5) is 0. The van der Waals surface area contributed by atoms with E-state index in [0.717, 1.165) is 18.2 Å². The van der Waals surface area contributed by atoms with Gasteiger partial charge in [0.15, 0.2) is 0 Å². The molecule has 1 atom stereocenters. The summed E-state index contributed by atoms with van der Waals surface area (Å²) in [5.41, 5.74) is 4.29. The summed E-state index contributed by atoms with van der Waals surface area (Å²) in [6, 6.07) is 4.52. The van der Waals surface area contributed by atoms with Crippen molar-refractivity contribution in [3.05, 3.63) is 28.8 Å². The summed E-state index contributed by atoms with van der Waals surface area (Å²) in [6.07, 6.45) is 7.99. The van der Waals surface area contributed by atoms with E-state index in [1.807, 2.05) is 7.11 Å². The molecule has 3 rings (SSSR count). The highest BCUT2D eigenvalue weighted by molar-refractivity contribution is 5.48. The van der Waals surface area contributed by atoms with Crippen LogP contribution in [0.1, 0.15) is 55.2 Å². The quantitative estimate of drug-likeness (QED) is 0.896. The van der Waals surface area contributed by atoms with Gasteiger partial charge in [0.1, 0.15) is 5.75 Å². The molecule has 1 saturated heterocycles. The number of benzene rings is 1. The van der Waals surface area contributed by atoms with Gasteiger partial charge in [-0.05, 0) is 69.2 Å². The van der Waals surface area contributed by atoms with Gasteiger partial charge in [-0.3, -0.25) is 0 Å². The molecule has 0 aromatic heterocycles. The van der Waals surface area contributed by atoms with E-state index in [9.17, 15) is 0 Å². The van der Waals surface area contributed by atoms with Gasteiger partial charge in [0.05, 0.1) is 12.6 Å². The van der Waals surface area contributed by atoms with Crippen molar-refractivity contribution in [3.63, 3.8) is 0 Å². The summed E-state index contributed by atoms with van der Waals surface area (Å²) < 4.78 is 5.76. The molecule has 20 heavy (non-hydrogen) atoms. The predicted molar refractivity (Wildman–Crippen MR) is 83.3 cm³/mol. The first-order valence-corrected chi connectivity index (χ1v) is 8.08. The van der Waals surface area contributed by atoms with Gasteiger partial charge in [0, 0.05) is 5.56 Å². The normalized spacial score (nSPS) is 27.1. The average molecular weight is 273 g/mol. The monoisotopic (exact) mass is 273 g/mol. The number of hydrogen-bond donors (Lipinski definition) is 1. The summed E-state index contributed by atoms with van der Waals surface area (Å²) in [5.74, 6) is 1.89. The second-order valence-electron chi connectivity index (χ2n) is 6.64. The molecule has 1 unspecified atom stereocenters. The lowest BCUT2D eigenvalue weighted by Gasteiger charge is -2.37. The number of rotatable bonds is 3. The molecule has 1 saturated carbocycles. The summed E-state index contributed by atoms with van der Waals surface area (Å²) in [6.45, 7) is 5.55. The zero-order valence-corrected chi connectivity index (χ0v) is 13.1. The van der Waals surface area contributed by atoms with Crippen LogP contribution in [0.25, 0.3) is 0 Å². The van der Waals surface area contributed by atoms with Gasteiger partial charge in [-0.25, -0.2) is 0 Å². The first-order chi connectivity index (χ1) is 9.67. The van der Waals surface area contributed by atoms with Gasteiger partial charge in [0.25, 0.3) is 0 Å². The van der Waals surface area contributed by atoms with Crippen LogP contribution in [0.3, 0.4) is 0 Å². The Labute approximate surface area is 122 Å². The molecular formula is C18H27NO. The van der Waals surface area contributed by atoms with Crippen LogP contribution in [0.15, 0.2) is 12.1 Å². The fourth-order valence-corrected chi connectivity index (χ4v) is 4.11. The van der Waals surface area contributed by atoms with E-state index in [1.54, 1.807) is 0 Å². The fraction of sp³-hybridized carbons (Fsp3) is 0.667. The lowest BCUT2D eigenvalue weighted by Crippen LogP contribution is -2.44. The second-order valence-corrected chi connectivity index (χ2v) is 6.64. The standard InChI is InChI=1S/C18H27NO/c1-13-11-14(2)17(16(12-13)20-3)18(15-7-8-15)9-5-4-6-10-19-18/h11-12,15,19H,4-10H2,1-3H3. The van der Waals surface area contributed by atoms with Gasteiger partial charge in [-0.2, -0.15) is 0 Å². The van der Waals surface area contributed by atoms with Crippen molar-refractivity contribution in [2.45, 2.75) is 57.9 Å². The van der Waals surface area contributed by atoms with Crippen molar-refractivity contribution in [1.82, 2.24) is 5.32 Å². The molecule has 2 nitrogen and oxygen atoms in total. The van der Waals surface area contributed by atoms with Crippen LogP contribution in [0.2, 0.25) is 0 Å². The minimum Gasteiger partial charge on any atom is -0.496 e. The van der Waals surface area contributed by atoms with Crippen LogP contribution in [0.5, 0.6) is 5.75 Å². The van der Waals surface area contributed by atoms with Crippen LogP contribution in [-0.2, 0) is 5.54 Å². The number of nitrogens with one attached hydrogen (secondary N) is 1. The molecule has 1 aliphatic heterocycles. The highest BCUT2D eigenvalue weighted by Gasteiger charge is 2.48. The van der Waals surface area contributed by atoms with Crippen molar-refractivity contribution >= 4 is 0 Å². The van der Waals surface area contributed by atoms with E-state index in [0.29, 0.717) is 0 Å². The summed E-state index contributed by atoms with van der Waals surface area (Å²) in [7, 11) is 1.81. The van der Waals surface area contributed by atoms with Gasteiger partial charge < -0.3 is 10.1 Å². The van der Waals surface area contributed by atoms with Crippen molar-refractivity contribution in [1.29, 1.82) is 0 Å². The van der Waals surface area contributed by atoms with Crippen LogP contribution < -0.4 is 10.1 Å². The summed E-state index contributed by atoms with van der Waals surface area (Å²) >= 11 is 0. The maximum Gasteiger partial charge on any atom is 0.124 e.